The van der Waals surface area contributed by atoms with Gasteiger partial charge in [-0.2, -0.15) is 5.57 Å². The minimum atomic E-state index is 0. The van der Waals surface area contributed by atoms with Gasteiger partial charge in [0.25, 0.3) is 0 Å². The predicted molar refractivity (Wildman–Crippen MR) is 28.7 cm³/mol. The molecule has 0 atom stereocenters. The molecule has 1 radical (unpaired) electrons. The van der Waals surface area contributed by atoms with Crippen LogP contribution in [0.15, 0.2) is 17.2 Å². The standard InChI is InChI=1S/C7H7.Rh/c1-2-7-4-3-6(1)5-7;/h1H,3-5H2;/q-1;. The van der Waals surface area contributed by atoms with Crippen molar-refractivity contribution in [2.24, 2.45) is 0 Å². The molecule has 1 fully saturated rings. The minimum absolute atomic E-state index is 0. The summed E-state index contributed by atoms with van der Waals surface area (Å²) in [5, 5.41) is 0. The normalized spacial score (nSPS) is 22.0. The van der Waals surface area contributed by atoms with E-state index in [-0.39, 0.29) is 19.5 Å². The van der Waals surface area contributed by atoms with E-state index in [9.17, 15) is 0 Å². The van der Waals surface area contributed by atoms with Crippen molar-refractivity contribution in [2.45, 2.75) is 19.3 Å². The van der Waals surface area contributed by atoms with Gasteiger partial charge in [-0.25, -0.2) is 11.6 Å². The molecule has 0 heterocycles. The Bertz CT molecular complexity index is 136. The van der Waals surface area contributed by atoms with Crippen LogP contribution in [0.1, 0.15) is 19.3 Å². The summed E-state index contributed by atoms with van der Waals surface area (Å²) in [6, 6.07) is 0. The summed E-state index contributed by atoms with van der Waals surface area (Å²) in [4.78, 5) is 0. The van der Waals surface area contributed by atoms with E-state index in [1.807, 2.05) is 0 Å². The maximum atomic E-state index is 3.21. The molecule has 45 valence electrons. The molecule has 0 N–H and O–H groups in total. The number of rotatable bonds is 0. The van der Waals surface area contributed by atoms with Crippen LogP contribution in [0.5, 0.6) is 0 Å². The van der Waals surface area contributed by atoms with Crippen molar-refractivity contribution in [3.63, 3.8) is 0 Å². The van der Waals surface area contributed by atoms with E-state index >= 15 is 0 Å². The van der Waals surface area contributed by atoms with Gasteiger partial charge >= 0.3 is 0 Å². The van der Waals surface area contributed by atoms with E-state index in [1.54, 1.807) is 5.57 Å². The molecule has 0 unspecified atom stereocenters. The van der Waals surface area contributed by atoms with Gasteiger partial charge in [-0.3, -0.25) is 6.08 Å². The third kappa shape index (κ3) is 0.799. The Balaban J connectivity index is 0.000000320. The molecule has 0 spiro atoms. The molecule has 0 saturated heterocycles. The van der Waals surface area contributed by atoms with Gasteiger partial charge in [-0.05, 0) is 0 Å². The van der Waals surface area contributed by atoms with Crippen molar-refractivity contribution < 1.29 is 19.5 Å². The number of hydrogen-bond donors (Lipinski definition) is 0. The number of hydrogen-bond acceptors (Lipinski definition) is 0. The number of fused-ring (bicyclic) bond motifs is 2. The Labute approximate surface area is 62.4 Å². The molecular weight excluding hydrogens is 187 g/mol. The fraction of sp³-hybridized carbons (Fsp3) is 0.429. The first-order valence-corrected chi connectivity index (χ1v) is 2.74. The van der Waals surface area contributed by atoms with E-state index in [2.05, 4.69) is 12.2 Å². The zero-order valence-corrected chi connectivity index (χ0v) is 6.17. The van der Waals surface area contributed by atoms with E-state index < -0.39 is 0 Å². The third-order valence-electron chi connectivity index (χ3n) is 1.67. The zero-order valence-electron chi connectivity index (χ0n) is 4.53. The van der Waals surface area contributed by atoms with Crippen molar-refractivity contribution in [3.05, 3.63) is 23.3 Å². The third-order valence-corrected chi connectivity index (χ3v) is 1.67. The maximum Gasteiger partial charge on any atom is 0 e. The molecule has 1 saturated carbocycles. The summed E-state index contributed by atoms with van der Waals surface area (Å²) in [7, 11) is 0. The van der Waals surface area contributed by atoms with E-state index in [1.165, 1.54) is 24.8 Å². The molecule has 1 heteroatoms. The molecule has 0 amide bonds. The average Bonchev–Trinajstić information content (AvgIpc) is 2.22. The monoisotopic (exact) mass is 194 g/mol. The van der Waals surface area contributed by atoms with Crippen LogP contribution in [0.2, 0.25) is 0 Å². The smallest absolute Gasteiger partial charge is 0 e. The van der Waals surface area contributed by atoms with Gasteiger partial charge < -0.3 is 0 Å². The van der Waals surface area contributed by atoms with Crippen LogP contribution in [0.4, 0.5) is 0 Å². The van der Waals surface area contributed by atoms with Gasteiger partial charge in [-0.15, -0.1) is 0 Å². The first-order valence-electron chi connectivity index (χ1n) is 2.74. The van der Waals surface area contributed by atoms with E-state index in [4.69, 9.17) is 0 Å². The SMILES string of the molecule is [C-]1=C2CCC(=C1)C2.[Rh]. The molecule has 8 heavy (non-hydrogen) atoms. The fourth-order valence-corrected chi connectivity index (χ4v) is 1.21. The summed E-state index contributed by atoms with van der Waals surface area (Å²) < 4.78 is 0. The van der Waals surface area contributed by atoms with Gasteiger partial charge in [-0.1, -0.05) is 19.3 Å². The Morgan fingerprint density at radius 2 is 2.25 bits per heavy atom. The van der Waals surface area contributed by atoms with Gasteiger partial charge in [0.15, 0.2) is 0 Å². The average molecular weight is 194 g/mol. The first-order chi connectivity index (χ1) is 3.45. The van der Waals surface area contributed by atoms with Crippen LogP contribution in [0.25, 0.3) is 0 Å². The second-order valence-electron chi connectivity index (χ2n) is 2.23. The maximum absolute atomic E-state index is 3.21. The molecule has 2 aliphatic carbocycles. The molecule has 0 aromatic carbocycles. The molecule has 0 aromatic heterocycles. The van der Waals surface area contributed by atoms with Gasteiger partial charge in [0.05, 0.1) is 0 Å². The van der Waals surface area contributed by atoms with Crippen LogP contribution in [-0.4, -0.2) is 0 Å². The molecule has 2 aliphatic rings. The molecule has 2 bridgehead atoms. The summed E-state index contributed by atoms with van der Waals surface area (Å²) in [5.41, 5.74) is 3.12. The Kier molecular flexibility index (Phi) is 1.67. The first kappa shape index (κ1) is 6.23. The molecular formula is C7H7Rh-. The predicted octanol–water partition coefficient (Wildman–Crippen LogP) is 1.84. The Morgan fingerprint density at radius 3 is 2.38 bits per heavy atom. The number of allylic oxidation sites excluding steroid dienone is 4. The summed E-state index contributed by atoms with van der Waals surface area (Å²) >= 11 is 0. The van der Waals surface area contributed by atoms with Crippen molar-refractivity contribution >= 4 is 0 Å². The summed E-state index contributed by atoms with van der Waals surface area (Å²) in [6.07, 6.45) is 9.22. The van der Waals surface area contributed by atoms with Crippen LogP contribution in [0, 0.1) is 6.08 Å². The second kappa shape index (κ2) is 2.15. The fourth-order valence-electron chi connectivity index (χ4n) is 1.21. The van der Waals surface area contributed by atoms with Gasteiger partial charge in [0.1, 0.15) is 0 Å². The molecule has 0 aliphatic heterocycles. The van der Waals surface area contributed by atoms with Gasteiger partial charge in [0.2, 0.25) is 0 Å². The van der Waals surface area contributed by atoms with Crippen LogP contribution in [0.3, 0.4) is 0 Å². The topological polar surface area (TPSA) is 0 Å². The second-order valence-corrected chi connectivity index (χ2v) is 2.23. The Hall–Kier alpha value is 0.103. The van der Waals surface area contributed by atoms with E-state index in [0.717, 1.165) is 0 Å². The van der Waals surface area contributed by atoms with Crippen LogP contribution < -0.4 is 0 Å². The quantitative estimate of drug-likeness (QED) is 0.407. The van der Waals surface area contributed by atoms with Crippen LogP contribution in [-0.2, 0) is 19.5 Å². The van der Waals surface area contributed by atoms with Crippen molar-refractivity contribution in [1.29, 1.82) is 0 Å². The minimum Gasteiger partial charge on any atom is -0.253 e. The summed E-state index contributed by atoms with van der Waals surface area (Å²) in [6.45, 7) is 0. The van der Waals surface area contributed by atoms with Crippen molar-refractivity contribution in [1.82, 2.24) is 0 Å². The van der Waals surface area contributed by atoms with Crippen LogP contribution >= 0.6 is 0 Å². The zero-order chi connectivity index (χ0) is 4.69. The molecule has 2 rings (SSSR count). The van der Waals surface area contributed by atoms with Crippen molar-refractivity contribution in [3.8, 4) is 0 Å². The largest absolute Gasteiger partial charge is 0.253 e. The Morgan fingerprint density at radius 1 is 1.38 bits per heavy atom. The molecule has 0 aromatic rings. The summed E-state index contributed by atoms with van der Waals surface area (Å²) in [5.74, 6) is 0. The molecule has 0 nitrogen and oxygen atoms in total. The van der Waals surface area contributed by atoms with E-state index in [0.29, 0.717) is 0 Å². The van der Waals surface area contributed by atoms with Crippen molar-refractivity contribution in [2.75, 3.05) is 0 Å². The van der Waals surface area contributed by atoms with Gasteiger partial charge in [0, 0.05) is 19.5 Å².